The number of alkyl halides is 3. The predicted octanol–water partition coefficient (Wildman–Crippen LogP) is 3.22. The van der Waals surface area contributed by atoms with Crippen LogP contribution in [0.15, 0.2) is 36.5 Å². The van der Waals surface area contributed by atoms with Gasteiger partial charge in [-0.15, -0.1) is 0 Å². The zero-order valence-electron chi connectivity index (χ0n) is 13.7. The first-order chi connectivity index (χ1) is 11.8. The number of nitrogens with zero attached hydrogens (tertiary/aromatic N) is 3. The molecule has 0 radical (unpaired) electrons. The molecule has 0 bridgehead atoms. The van der Waals surface area contributed by atoms with Gasteiger partial charge in [-0.2, -0.15) is 18.4 Å². The lowest BCUT2D eigenvalue weighted by Gasteiger charge is -2.26. The number of aromatic nitrogens is 1. The molecule has 1 fully saturated rings. The number of aryl methyl sites for hydroxylation is 1. The van der Waals surface area contributed by atoms with Gasteiger partial charge >= 0.3 is 6.18 Å². The lowest BCUT2D eigenvalue weighted by Crippen LogP contribution is -2.25. The fraction of sp³-hybridized carbons (Fsp3) is 0.389. The highest BCUT2D eigenvalue weighted by atomic mass is 19.4. The minimum absolute atomic E-state index is 0.183. The van der Waals surface area contributed by atoms with Gasteiger partial charge in [0.1, 0.15) is 11.8 Å². The molecule has 25 heavy (non-hydrogen) atoms. The van der Waals surface area contributed by atoms with Crippen LogP contribution in [0.5, 0.6) is 0 Å². The highest BCUT2D eigenvalue weighted by molar-refractivity contribution is 5.34. The largest absolute Gasteiger partial charge is 0.416 e. The first kappa shape index (κ1) is 17.5. The van der Waals surface area contributed by atoms with Crippen LogP contribution < -0.4 is 0 Å². The van der Waals surface area contributed by atoms with Crippen LogP contribution in [0.2, 0.25) is 0 Å². The van der Waals surface area contributed by atoms with E-state index in [2.05, 4.69) is 6.07 Å². The van der Waals surface area contributed by atoms with Gasteiger partial charge in [0.25, 0.3) is 0 Å². The van der Waals surface area contributed by atoms with Crippen LogP contribution in [-0.2, 0) is 19.8 Å². The number of benzene rings is 1. The Morgan fingerprint density at radius 2 is 2.04 bits per heavy atom. The zero-order chi connectivity index (χ0) is 18.2. The molecule has 2 heterocycles. The number of hydrogen-bond acceptors (Lipinski definition) is 3. The minimum Gasteiger partial charge on any atom is -0.392 e. The Bertz CT molecular complexity index is 807. The summed E-state index contributed by atoms with van der Waals surface area (Å²) in [5, 5.41) is 19.1. The van der Waals surface area contributed by atoms with Gasteiger partial charge in [0, 0.05) is 32.4 Å². The third-order valence-electron chi connectivity index (χ3n) is 4.57. The van der Waals surface area contributed by atoms with E-state index in [-0.39, 0.29) is 12.0 Å². The second-order valence-corrected chi connectivity index (χ2v) is 6.38. The number of hydrogen-bond donors (Lipinski definition) is 1. The van der Waals surface area contributed by atoms with Crippen molar-refractivity contribution in [3.8, 4) is 6.07 Å². The number of nitriles is 1. The molecule has 0 aliphatic carbocycles. The maximum atomic E-state index is 13.3. The molecule has 0 amide bonds. The summed E-state index contributed by atoms with van der Waals surface area (Å²) in [5.41, 5.74) is 0.845. The monoisotopic (exact) mass is 349 g/mol. The Labute approximate surface area is 143 Å². The van der Waals surface area contributed by atoms with E-state index in [9.17, 15) is 18.3 Å². The molecule has 1 aromatic carbocycles. The Hall–Kier alpha value is -2.30. The van der Waals surface area contributed by atoms with E-state index in [0.29, 0.717) is 18.8 Å². The van der Waals surface area contributed by atoms with E-state index in [1.807, 2.05) is 4.90 Å². The molecular formula is C18H18F3N3O. The third-order valence-corrected chi connectivity index (χ3v) is 4.57. The Morgan fingerprint density at radius 1 is 1.32 bits per heavy atom. The van der Waals surface area contributed by atoms with Crippen molar-refractivity contribution in [2.75, 3.05) is 6.54 Å². The summed E-state index contributed by atoms with van der Waals surface area (Å²) >= 11 is 0. The van der Waals surface area contributed by atoms with Gasteiger partial charge in [0.05, 0.1) is 11.7 Å². The molecule has 1 aliphatic heterocycles. The average molecular weight is 349 g/mol. The third kappa shape index (κ3) is 3.55. The summed E-state index contributed by atoms with van der Waals surface area (Å²) in [6.45, 7) is 0.678. The first-order valence-corrected chi connectivity index (χ1v) is 7.93. The van der Waals surface area contributed by atoms with Gasteiger partial charge < -0.3 is 9.67 Å². The molecule has 132 valence electrons. The standard InChI is InChI=1S/C18H18F3N3O/c1-23-9-12(6-13(23)8-22)10-24-11-14(25)7-17(24)15-4-2-3-5-16(15)18(19,20)21/h2-6,9,14,17,25H,7,10-11H2,1H3/t14-,17-/m0/s1. The highest BCUT2D eigenvalue weighted by Crippen LogP contribution is 2.40. The molecule has 1 N–H and O–H groups in total. The Morgan fingerprint density at radius 3 is 2.68 bits per heavy atom. The maximum absolute atomic E-state index is 13.3. The van der Waals surface area contributed by atoms with Crippen LogP contribution in [0.3, 0.4) is 0 Å². The Balaban J connectivity index is 1.92. The van der Waals surface area contributed by atoms with Crippen molar-refractivity contribution >= 4 is 0 Å². The van der Waals surface area contributed by atoms with E-state index >= 15 is 0 Å². The summed E-state index contributed by atoms with van der Waals surface area (Å²) in [6, 6.07) is 8.79. The number of likely N-dealkylation sites (tertiary alicyclic amines) is 1. The molecule has 2 aromatic rings. The molecule has 1 aromatic heterocycles. The molecule has 1 aliphatic rings. The lowest BCUT2D eigenvalue weighted by molar-refractivity contribution is -0.138. The van der Waals surface area contributed by atoms with Crippen LogP contribution in [-0.4, -0.2) is 27.2 Å². The molecule has 2 atom stereocenters. The van der Waals surface area contributed by atoms with Gasteiger partial charge in [-0.1, -0.05) is 18.2 Å². The quantitative estimate of drug-likeness (QED) is 0.926. The highest BCUT2D eigenvalue weighted by Gasteiger charge is 2.39. The van der Waals surface area contributed by atoms with Crippen molar-refractivity contribution in [2.24, 2.45) is 7.05 Å². The van der Waals surface area contributed by atoms with Gasteiger partial charge in [-0.3, -0.25) is 4.90 Å². The first-order valence-electron chi connectivity index (χ1n) is 7.93. The van der Waals surface area contributed by atoms with Crippen molar-refractivity contribution < 1.29 is 18.3 Å². The van der Waals surface area contributed by atoms with Crippen molar-refractivity contribution in [2.45, 2.75) is 31.3 Å². The molecular weight excluding hydrogens is 331 g/mol. The zero-order valence-corrected chi connectivity index (χ0v) is 13.7. The van der Waals surface area contributed by atoms with E-state index in [0.717, 1.165) is 11.6 Å². The molecule has 3 rings (SSSR count). The van der Waals surface area contributed by atoms with Crippen LogP contribution in [0, 0.1) is 11.3 Å². The number of rotatable bonds is 3. The second-order valence-electron chi connectivity index (χ2n) is 6.38. The fourth-order valence-corrected chi connectivity index (χ4v) is 3.49. The normalized spacial score (nSPS) is 21.4. The Kier molecular flexibility index (Phi) is 4.58. The fourth-order valence-electron chi connectivity index (χ4n) is 3.49. The summed E-state index contributed by atoms with van der Waals surface area (Å²) < 4.78 is 41.7. The van der Waals surface area contributed by atoms with E-state index < -0.39 is 23.9 Å². The van der Waals surface area contributed by atoms with E-state index in [1.165, 1.54) is 12.1 Å². The van der Waals surface area contributed by atoms with Crippen molar-refractivity contribution in [1.29, 1.82) is 5.26 Å². The predicted molar refractivity (Wildman–Crippen MR) is 85.3 cm³/mol. The topological polar surface area (TPSA) is 52.2 Å². The molecule has 0 unspecified atom stereocenters. The molecule has 0 saturated carbocycles. The number of aliphatic hydroxyl groups excluding tert-OH is 1. The lowest BCUT2D eigenvalue weighted by atomic mass is 9.97. The number of halogens is 3. The summed E-state index contributed by atoms with van der Waals surface area (Å²) in [4.78, 5) is 1.84. The molecule has 1 saturated heterocycles. The van der Waals surface area contributed by atoms with Crippen LogP contribution in [0.25, 0.3) is 0 Å². The van der Waals surface area contributed by atoms with Crippen molar-refractivity contribution in [1.82, 2.24) is 9.47 Å². The second kappa shape index (κ2) is 6.54. The summed E-state index contributed by atoms with van der Waals surface area (Å²) in [7, 11) is 1.75. The SMILES string of the molecule is Cn1cc(CN2C[C@@H](O)C[C@H]2c2ccccc2C(F)(F)F)cc1C#N. The van der Waals surface area contributed by atoms with Crippen molar-refractivity contribution in [3.05, 3.63) is 58.9 Å². The van der Waals surface area contributed by atoms with Crippen LogP contribution in [0.1, 0.15) is 34.8 Å². The van der Waals surface area contributed by atoms with Gasteiger partial charge in [0.15, 0.2) is 0 Å². The molecule has 7 heteroatoms. The van der Waals surface area contributed by atoms with Crippen LogP contribution >= 0.6 is 0 Å². The van der Waals surface area contributed by atoms with E-state index in [4.69, 9.17) is 5.26 Å². The van der Waals surface area contributed by atoms with Gasteiger partial charge in [-0.25, -0.2) is 0 Å². The number of β-amino-alcohol motifs (C(OH)–C–C–N with tert-alkyl or cyclic N) is 1. The smallest absolute Gasteiger partial charge is 0.392 e. The van der Waals surface area contributed by atoms with Gasteiger partial charge in [-0.05, 0) is 29.7 Å². The van der Waals surface area contributed by atoms with Gasteiger partial charge in [0.2, 0.25) is 0 Å². The van der Waals surface area contributed by atoms with Crippen LogP contribution in [0.4, 0.5) is 13.2 Å². The minimum atomic E-state index is -4.43. The number of aliphatic hydroxyl groups is 1. The molecule has 0 spiro atoms. The van der Waals surface area contributed by atoms with E-state index in [1.54, 1.807) is 29.9 Å². The summed E-state index contributed by atoms with van der Waals surface area (Å²) in [5.74, 6) is 0. The maximum Gasteiger partial charge on any atom is 0.416 e. The molecule has 4 nitrogen and oxygen atoms in total. The summed E-state index contributed by atoms with van der Waals surface area (Å²) in [6.07, 6.45) is -3.07. The van der Waals surface area contributed by atoms with Crippen molar-refractivity contribution in [3.63, 3.8) is 0 Å². The average Bonchev–Trinajstić information content (AvgIpc) is 3.09.